The summed E-state index contributed by atoms with van der Waals surface area (Å²) in [4.78, 5) is 0. The highest BCUT2D eigenvalue weighted by atomic mass is 14.9. The molecule has 0 aliphatic carbocycles. The summed E-state index contributed by atoms with van der Waals surface area (Å²) in [5.41, 5.74) is 5.28. The van der Waals surface area contributed by atoms with Gasteiger partial charge in [-0.15, -0.1) is 0 Å². The van der Waals surface area contributed by atoms with Gasteiger partial charge in [0.1, 0.15) is 0 Å². The normalized spacial score (nSPS) is 11.4. The first-order valence-corrected chi connectivity index (χ1v) is 7.19. The Balaban J connectivity index is 1.93. The molecule has 0 amide bonds. The number of hydrogen-bond acceptors (Lipinski definition) is 0. The van der Waals surface area contributed by atoms with Crippen molar-refractivity contribution >= 4 is 10.9 Å². The molecule has 1 radical (unpaired) electrons. The first kappa shape index (κ1) is 13.0. The lowest BCUT2D eigenvalue weighted by atomic mass is 9.99. The summed E-state index contributed by atoms with van der Waals surface area (Å²) < 4.78 is 2.09. The van der Waals surface area contributed by atoms with Gasteiger partial charge in [0.05, 0.1) is 6.20 Å². The minimum absolute atomic E-state index is 0.591. The van der Waals surface area contributed by atoms with Gasteiger partial charge in [0, 0.05) is 24.4 Å². The number of hydrogen-bond donors (Lipinski definition) is 0. The van der Waals surface area contributed by atoms with E-state index in [4.69, 9.17) is 0 Å². The summed E-state index contributed by atoms with van der Waals surface area (Å²) in [5, 5.41) is 1.31. The molecule has 0 saturated carbocycles. The Morgan fingerprint density at radius 3 is 2.40 bits per heavy atom. The van der Waals surface area contributed by atoms with Crippen LogP contribution in [0.15, 0.2) is 48.5 Å². The fourth-order valence-electron chi connectivity index (χ4n) is 2.70. The van der Waals surface area contributed by atoms with Crippen LogP contribution in [0.1, 0.15) is 36.5 Å². The lowest BCUT2D eigenvalue weighted by molar-refractivity contribution is 0.865. The van der Waals surface area contributed by atoms with Gasteiger partial charge in [0.25, 0.3) is 0 Å². The fraction of sp³-hybridized carbons (Fsp3) is 0.263. The van der Waals surface area contributed by atoms with Crippen molar-refractivity contribution in [2.75, 3.05) is 0 Å². The summed E-state index contributed by atoms with van der Waals surface area (Å²) in [5.74, 6) is 0.591. The molecule has 0 N–H and O–H groups in total. The molecule has 20 heavy (non-hydrogen) atoms. The van der Waals surface area contributed by atoms with Crippen molar-refractivity contribution in [2.45, 2.75) is 26.2 Å². The van der Waals surface area contributed by atoms with Crippen molar-refractivity contribution in [3.8, 4) is 0 Å². The molecule has 101 valence electrons. The van der Waals surface area contributed by atoms with E-state index in [9.17, 15) is 0 Å². The van der Waals surface area contributed by atoms with E-state index in [1.165, 1.54) is 27.6 Å². The van der Waals surface area contributed by atoms with Gasteiger partial charge in [0.2, 0.25) is 0 Å². The molecule has 1 heterocycles. The third-order valence-corrected chi connectivity index (χ3v) is 3.92. The standard InChI is InChI=1S/C19H20N/c1-14(2)16-10-8-15(9-11-16)12-17-13-20(3)19-7-5-4-6-18(17)19/h4-11,14H,12H2,1-3H3. The molecule has 0 atom stereocenters. The zero-order valence-corrected chi connectivity index (χ0v) is 12.4. The van der Waals surface area contributed by atoms with Gasteiger partial charge < -0.3 is 4.57 Å². The van der Waals surface area contributed by atoms with E-state index in [2.05, 4.69) is 80.2 Å². The first-order valence-electron chi connectivity index (χ1n) is 7.19. The molecule has 3 aromatic rings. The number of rotatable bonds is 3. The van der Waals surface area contributed by atoms with Crippen LogP contribution in [0.5, 0.6) is 0 Å². The number of para-hydroxylation sites is 1. The van der Waals surface area contributed by atoms with E-state index < -0.39 is 0 Å². The van der Waals surface area contributed by atoms with Gasteiger partial charge in [-0.25, -0.2) is 0 Å². The number of benzene rings is 2. The number of aromatic nitrogens is 1. The zero-order valence-electron chi connectivity index (χ0n) is 12.4. The van der Waals surface area contributed by atoms with Crippen LogP contribution in [0.25, 0.3) is 10.9 Å². The smallest absolute Gasteiger partial charge is 0.0695 e. The Hall–Kier alpha value is -2.02. The van der Waals surface area contributed by atoms with Gasteiger partial charge in [-0.05, 0) is 28.7 Å². The second-order valence-corrected chi connectivity index (χ2v) is 5.74. The maximum atomic E-state index is 3.46. The third-order valence-electron chi connectivity index (χ3n) is 3.92. The van der Waals surface area contributed by atoms with E-state index in [0.717, 1.165) is 6.42 Å². The minimum Gasteiger partial charge on any atom is -0.342 e. The molecule has 0 aliphatic rings. The predicted molar refractivity (Wildman–Crippen MR) is 85.1 cm³/mol. The average Bonchev–Trinajstić information content (AvgIpc) is 2.77. The first-order chi connectivity index (χ1) is 9.65. The van der Waals surface area contributed by atoms with E-state index in [-0.39, 0.29) is 0 Å². The molecule has 0 fully saturated rings. The lowest BCUT2D eigenvalue weighted by Crippen LogP contribution is -1.91. The van der Waals surface area contributed by atoms with Crippen molar-refractivity contribution in [1.82, 2.24) is 4.57 Å². The van der Waals surface area contributed by atoms with E-state index in [0.29, 0.717) is 5.92 Å². The topological polar surface area (TPSA) is 4.93 Å². The van der Waals surface area contributed by atoms with Gasteiger partial charge in [0.15, 0.2) is 0 Å². The van der Waals surface area contributed by atoms with Crippen molar-refractivity contribution < 1.29 is 0 Å². The van der Waals surface area contributed by atoms with Crippen molar-refractivity contribution in [2.24, 2.45) is 7.05 Å². The van der Waals surface area contributed by atoms with Crippen molar-refractivity contribution in [3.63, 3.8) is 0 Å². The highest BCUT2D eigenvalue weighted by Crippen LogP contribution is 2.23. The van der Waals surface area contributed by atoms with Gasteiger partial charge in [-0.1, -0.05) is 56.3 Å². The quantitative estimate of drug-likeness (QED) is 0.645. The molecule has 3 rings (SSSR count). The summed E-state index contributed by atoms with van der Waals surface area (Å²) in [7, 11) is 2.06. The Kier molecular flexibility index (Phi) is 3.35. The van der Waals surface area contributed by atoms with Crippen LogP contribution in [0, 0.1) is 6.20 Å². The van der Waals surface area contributed by atoms with Crippen LogP contribution in [0.2, 0.25) is 0 Å². The lowest BCUT2D eigenvalue weighted by Gasteiger charge is -2.06. The Morgan fingerprint density at radius 2 is 1.70 bits per heavy atom. The van der Waals surface area contributed by atoms with Gasteiger partial charge in [-0.3, -0.25) is 0 Å². The second-order valence-electron chi connectivity index (χ2n) is 5.74. The maximum absolute atomic E-state index is 3.46. The molecule has 0 spiro atoms. The van der Waals surface area contributed by atoms with E-state index in [1.54, 1.807) is 0 Å². The monoisotopic (exact) mass is 262 g/mol. The summed E-state index contributed by atoms with van der Waals surface area (Å²) >= 11 is 0. The predicted octanol–water partition coefficient (Wildman–Crippen LogP) is 4.69. The Morgan fingerprint density at radius 1 is 1.00 bits per heavy atom. The highest BCUT2D eigenvalue weighted by molar-refractivity contribution is 5.83. The van der Waals surface area contributed by atoms with Crippen LogP contribution < -0.4 is 0 Å². The Labute approximate surface area is 120 Å². The largest absolute Gasteiger partial charge is 0.342 e. The van der Waals surface area contributed by atoms with Crippen LogP contribution >= 0.6 is 0 Å². The van der Waals surface area contributed by atoms with Gasteiger partial charge in [-0.2, -0.15) is 0 Å². The molecule has 1 nitrogen and oxygen atoms in total. The molecular weight excluding hydrogens is 242 g/mol. The van der Waals surface area contributed by atoms with Crippen molar-refractivity contribution in [3.05, 3.63) is 71.4 Å². The molecule has 1 heteroatoms. The molecular formula is C19H20N. The Bertz CT molecular complexity index is 717. The summed E-state index contributed by atoms with van der Waals surface area (Å²) in [6.45, 7) is 4.46. The molecule has 0 saturated heterocycles. The van der Waals surface area contributed by atoms with Crippen molar-refractivity contribution in [1.29, 1.82) is 0 Å². The van der Waals surface area contributed by atoms with E-state index >= 15 is 0 Å². The molecule has 1 aromatic heterocycles. The number of aryl methyl sites for hydroxylation is 1. The maximum Gasteiger partial charge on any atom is 0.0695 e. The molecule has 0 aliphatic heterocycles. The van der Waals surface area contributed by atoms with E-state index in [1.807, 2.05) is 0 Å². The van der Waals surface area contributed by atoms with Crippen LogP contribution in [-0.4, -0.2) is 4.57 Å². The minimum atomic E-state index is 0.591. The number of fused-ring (bicyclic) bond motifs is 1. The number of nitrogens with zero attached hydrogens (tertiary/aromatic N) is 1. The van der Waals surface area contributed by atoms with Gasteiger partial charge >= 0.3 is 0 Å². The third kappa shape index (κ3) is 2.36. The zero-order chi connectivity index (χ0) is 14.1. The average molecular weight is 262 g/mol. The molecule has 0 unspecified atom stereocenters. The highest BCUT2D eigenvalue weighted by Gasteiger charge is 2.07. The molecule has 0 bridgehead atoms. The van der Waals surface area contributed by atoms with Crippen LogP contribution in [0.3, 0.4) is 0 Å². The fourth-order valence-corrected chi connectivity index (χ4v) is 2.70. The summed E-state index contributed by atoms with van der Waals surface area (Å²) in [6, 6.07) is 17.5. The molecule has 2 aromatic carbocycles. The summed E-state index contributed by atoms with van der Waals surface area (Å²) in [6.07, 6.45) is 4.40. The SMILES string of the molecule is CC(C)c1ccc(Cc2[c]n(C)c3ccccc23)cc1. The van der Waals surface area contributed by atoms with Crippen LogP contribution in [-0.2, 0) is 13.5 Å². The second kappa shape index (κ2) is 5.16. The van der Waals surface area contributed by atoms with Crippen LogP contribution in [0.4, 0.5) is 0 Å².